The Morgan fingerprint density at radius 1 is 1.24 bits per heavy atom. The number of Topliss-reactive ketones (excluding diaryl/α,β-unsaturated/α-hetero) is 1. The number of amides is 1. The molecule has 0 spiro atoms. The van der Waals surface area contributed by atoms with Gasteiger partial charge in [-0.2, -0.15) is 0 Å². The molecule has 1 aromatic rings. The van der Waals surface area contributed by atoms with E-state index in [1.54, 1.807) is 0 Å². The number of nitrogens with one attached hydrogen (secondary N) is 1. The third-order valence-corrected chi connectivity index (χ3v) is 1.91. The zero-order valence-corrected chi connectivity index (χ0v) is 9.73. The van der Waals surface area contributed by atoms with E-state index in [0.29, 0.717) is 0 Å². The molecule has 0 fully saturated rings. The van der Waals surface area contributed by atoms with E-state index in [4.69, 9.17) is 0 Å². The lowest BCUT2D eigenvalue weighted by molar-refractivity contribution is -0.114. The summed E-state index contributed by atoms with van der Waals surface area (Å²) in [6.45, 7) is 2.63. The Balaban J connectivity index is 3.23. The number of anilines is 1. The highest BCUT2D eigenvalue weighted by Crippen LogP contribution is 2.12. The highest BCUT2D eigenvalue weighted by atomic mass is 16.5. The number of ketones is 1. The third kappa shape index (κ3) is 3.37. The number of pyridine rings is 1. The first-order chi connectivity index (χ1) is 7.93. The number of rotatable bonds is 3. The van der Waals surface area contributed by atoms with E-state index in [1.807, 2.05) is 0 Å². The average molecular weight is 236 g/mol. The molecule has 0 bridgehead atoms. The predicted octanol–water partition coefficient (Wildman–Crippen LogP) is 1.03. The lowest BCUT2D eigenvalue weighted by atomic mass is 10.2. The number of hydrogen-bond acceptors (Lipinski definition) is 5. The number of carbonyl (C=O) groups excluding carboxylic acids is 3. The van der Waals surface area contributed by atoms with Crippen LogP contribution in [0.2, 0.25) is 0 Å². The van der Waals surface area contributed by atoms with Gasteiger partial charge in [-0.05, 0) is 12.1 Å². The number of carbonyl (C=O) groups is 3. The molecule has 6 nitrogen and oxygen atoms in total. The van der Waals surface area contributed by atoms with Crippen LogP contribution in [0.5, 0.6) is 0 Å². The Labute approximate surface area is 98.0 Å². The van der Waals surface area contributed by atoms with Gasteiger partial charge < -0.3 is 10.1 Å². The minimum absolute atomic E-state index is 0.0941. The molecule has 0 aliphatic heterocycles. The van der Waals surface area contributed by atoms with Gasteiger partial charge in [0.25, 0.3) is 0 Å². The van der Waals surface area contributed by atoms with Crippen LogP contribution in [0.4, 0.5) is 5.82 Å². The summed E-state index contributed by atoms with van der Waals surface area (Å²) in [7, 11) is 1.23. The number of hydrogen-bond donors (Lipinski definition) is 1. The summed E-state index contributed by atoms with van der Waals surface area (Å²) in [5.74, 6) is -1.09. The van der Waals surface area contributed by atoms with Crippen molar-refractivity contribution in [2.24, 2.45) is 0 Å². The first-order valence-electron chi connectivity index (χ1n) is 4.83. The summed E-state index contributed by atoms with van der Waals surface area (Å²) in [5, 5.41) is 2.41. The second kappa shape index (κ2) is 5.20. The number of aromatic nitrogens is 1. The van der Waals surface area contributed by atoms with Crippen molar-refractivity contribution in [2.45, 2.75) is 13.8 Å². The van der Waals surface area contributed by atoms with Gasteiger partial charge >= 0.3 is 5.97 Å². The van der Waals surface area contributed by atoms with E-state index in [2.05, 4.69) is 15.0 Å². The maximum Gasteiger partial charge on any atom is 0.338 e. The van der Waals surface area contributed by atoms with Gasteiger partial charge in [-0.1, -0.05) is 0 Å². The Morgan fingerprint density at radius 3 is 2.35 bits per heavy atom. The fourth-order valence-corrected chi connectivity index (χ4v) is 1.19. The monoisotopic (exact) mass is 236 g/mol. The van der Waals surface area contributed by atoms with Crippen molar-refractivity contribution in [2.75, 3.05) is 12.4 Å². The van der Waals surface area contributed by atoms with Gasteiger partial charge in [0.2, 0.25) is 5.91 Å². The summed E-state index contributed by atoms with van der Waals surface area (Å²) in [6.07, 6.45) is 0. The van der Waals surface area contributed by atoms with Gasteiger partial charge in [-0.25, -0.2) is 9.78 Å². The van der Waals surface area contributed by atoms with Crippen LogP contribution in [0.1, 0.15) is 34.7 Å². The van der Waals surface area contributed by atoms with Crippen LogP contribution >= 0.6 is 0 Å². The topological polar surface area (TPSA) is 85.4 Å². The zero-order chi connectivity index (χ0) is 13.0. The molecular weight excluding hydrogens is 224 g/mol. The minimum atomic E-state index is -0.596. The number of methoxy groups -OCH3 is 1. The lowest BCUT2D eigenvalue weighted by Gasteiger charge is -2.06. The summed E-state index contributed by atoms with van der Waals surface area (Å²) >= 11 is 0. The van der Waals surface area contributed by atoms with E-state index < -0.39 is 5.97 Å². The normalized spacial score (nSPS) is 9.59. The van der Waals surface area contributed by atoms with Gasteiger partial charge in [0, 0.05) is 13.8 Å². The predicted molar refractivity (Wildman–Crippen MR) is 59.9 cm³/mol. The van der Waals surface area contributed by atoms with Gasteiger partial charge in [-0.3, -0.25) is 9.59 Å². The summed E-state index contributed by atoms with van der Waals surface area (Å²) in [5.41, 5.74) is 0.258. The zero-order valence-electron chi connectivity index (χ0n) is 9.73. The van der Waals surface area contributed by atoms with Crippen molar-refractivity contribution in [3.63, 3.8) is 0 Å². The lowest BCUT2D eigenvalue weighted by Crippen LogP contribution is -2.12. The molecule has 90 valence electrons. The van der Waals surface area contributed by atoms with E-state index >= 15 is 0 Å². The van der Waals surface area contributed by atoms with Gasteiger partial charge in [0.1, 0.15) is 11.5 Å². The highest BCUT2D eigenvalue weighted by Gasteiger charge is 2.12. The SMILES string of the molecule is COC(=O)c1cc(NC(C)=O)nc(C(C)=O)c1. The molecule has 1 aromatic heterocycles. The molecule has 6 heteroatoms. The maximum absolute atomic E-state index is 11.4. The molecule has 0 saturated heterocycles. The Morgan fingerprint density at radius 2 is 1.88 bits per heavy atom. The van der Waals surface area contributed by atoms with Crippen molar-refractivity contribution in [1.29, 1.82) is 0 Å². The summed E-state index contributed by atoms with van der Waals surface area (Å²) in [6, 6.07) is 2.67. The van der Waals surface area contributed by atoms with Crippen LogP contribution < -0.4 is 5.32 Å². The smallest absolute Gasteiger partial charge is 0.338 e. The van der Waals surface area contributed by atoms with E-state index in [1.165, 1.54) is 33.1 Å². The first-order valence-corrected chi connectivity index (χ1v) is 4.83. The molecule has 1 N–H and O–H groups in total. The fraction of sp³-hybridized carbons (Fsp3) is 0.273. The minimum Gasteiger partial charge on any atom is -0.465 e. The molecular formula is C11H12N2O4. The molecule has 0 unspecified atom stereocenters. The van der Waals surface area contributed by atoms with Gasteiger partial charge in [0.15, 0.2) is 5.78 Å². The van der Waals surface area contributed by atoms with Crippen molar-refractivity contribution in [3.8, 4) is 0 Å². The standard InChI is InChI=1S/C11H12N2O4/c1-6(14)9-4-8(11(16)17-3)5-10(13-9)12-7(2)15/h4-5H,1-3H3,(H,12,13,15). The molecule has 0 atom stereocenters. The van der Waals surface area contributed by atoms with Crippen molar-refractivity contribution in [3.05, 3.63) is 23.4 Å². The van der Waals surface area contributed by atoms with Crippen LogP contribution in [0.3, 0.4) is 0 Å². The third-order valence-electron chi connectivity index (χ3n) is 1.91. The molecule has 17 heavy (non-hydrogen) atoms. The molecule has 0 saturated carbocycles. The Kier molecular flexibility index (Phi) is 3.92. The van der Waals surface area contributed by atoms with Crippen LogP contribution in [-0.4, -0.2) is 29.8 Å². The molecule has 0 aliphatic carbocycles. The Hall–Kier alpha value is -2.24. The average Bonchev–Trinajstić information content (AvgIpc) is 2.26. The number of ether oxygens (including phenoxy) is 1. The Bertz CT molecular complexity index is 482. The van der Waals surface area contributed by atoms with Crippen LogP contribution in [0, 0.1) is 0 Å². The van der Waals surface area contributed by atoms with Gasteiger partial charge in [-0.15, -0.1) is 0 Å². The molecule has 1 rings (SSSR count). The van der Waals surface area contributed by atoms with Crippen LogP contribution in [-0.2, 0) is 9.53 Å². The van der Waals surface area contributed by atoms with E-state index in [9.17, 15) is 14.4 Å². The largest absolute Gasteiger partial charge is 0.465 e. The summed E-state index contributed by atoms with van der Waals surface area (Å²) in [4.78, 5) is 37.4. The molecule has 1 amide bonds. The fourth-order valence-electron chi connectivity index (χ4n) is 1.19. The highest BCUT2D eigenvalue weighted by molar-refractivity contribution is 5.98. The second-order valence-corrected chi connectivity index (χ2v) is 3.36. The maximum atomic E-state index is 11.4. The number of esters is 1. The van der Waals surface area contributed by atoms with Crippen LogP contribution in [0.15, 0.2) is 12.1 Å². The van der Waals surface area contributed by atoms with Crippen molar-refractivity contribution in [1.82, 2.24) is 4.98 Å². The number of nitrogens with zero attached hydrogens (tertiary/aromatic N) is 1. The quantitative estimate of drug-likeness (QED) is 0.625. The molecule has 0 aromatic carbocycles. The molecule has 0 radical (unpaired) electrons. The first kappa shape index (κ1) is 12.8. The molecule has 0 aliphatic rings. The van der Waals surface area contributed by atoms with E-state index in [-0.39, 0.29) is 28.8 Å². The second-order valence-electron chi connectivity index (χ2n) is 3.36. The molecule has 1 heterocycles. The van der Waals surface area contributed by atoms with Crippen LogP contribution in [0.25, 0.3) is 0 Å². The van der Waals surface area contributed by atoms with Gasteiger partial charge in [0.05, 0.1) is 12.7 Å². The summed E-state index contributed by atoms with van der Waals surface area (Å²) < 4.78 is 4.54. The van der Waals surface area contributed by atoms with E-state index in [0.717, 1.165) is 0 Å². The van der Waals surface area contributed by atoms with Crippen molar-refractivity contribution >= 4 is 23.5 Å². The van der Waals surface area contributed by atoms with Crippen molar-refractivity contribution < 1.29 is 19.1 Å².